The smallest absolute Gasteiger partial charge is 0.303 e. The quantitative estimate of drug-likeness (QED) is 0.697. The highest BCUT2D eigenvalue weighted by Gasteiger charge is 2.34. The first kappa shape index (κ1) is 21.4. The Balaban J connectivity index is 1.89. The van der Waals surface area contributed by atoms with Gasteiger partial charge in [0.15, 0.2) is 0 Å². The fraction of sp³-hybridized carbons (Fsp3) is 0.250. The molecule has 1 amide bonds. The second-order valence-corrected chi connectivity index (χ2v) is 8.62. The van der Waals surface area contributed by atoms with Crippen LogP contribution in [-0.4, -0.2) is 42.4 Å². The molecule has 10 heteroatoms. The zero-order chi connectivity index (χ0) is 21.9. The van der Waals surface area contributed by atoms with Crippen LogP contribution in [0.4, 0.5) is 10.1 Å². The normalized spacial score (nSPS) is 16.3. The van der Waals surface area contributed by atoms with Gasteiger partial charge in [0.1, 0.15) is 5.82 Å². The number of carboxylic acids is 1. The first-order valence-electron chi connectivity index (χ1n) is 9.08. The summed E-state index contributed by atoms with van der Waals surface area (Å²) in [6, 6.07) is 11.8. The predicted octanol–water partition coefficient (Wildman–Crippen LogP) is 2.74. The van der Waals surface area contributed by atoms with Gasteiger partial charge in [-0.2, -0.15) is 5.10 Å². The van der Waals surface area contributed by atoms with Gasteiger partial charge in [-0.05, 0) is 23.8 Å². The van der Waals surface area contributed by atoms with Gasteiger partial charge in [0.05, 0.1) is 24.4 Å². The summed E-state index contributed by atoms with van der Waals surface area (Å²) >= 11 is 0. The van der Waals surface area contributed by atoms with Gasteiger partial charge < -0.3 is 5.11 Å². The number of aliphatic carboxylic acids is 1. The second kappa shape index (κ2) is 8.62. The summed E-state index contributed by atoms with van der Waals surface area (Å²) in [5, 5.41) is 14.3. The average Bonchev–Trinajstić information content (AvgIpc) is 3.11. The predicted molar refractivity (Wildman–Crippen MR) is 109 cm³/mol. The van der Waals surface area contributed by atoms with E-state index in [1.54, 1.807) is 42.5 Å². The van der Waals surface area contributed by atoms with Crippen molar-refractivity contribution in [1.82, 2.24) is 5.01 Å². The highest BCUT2D eigenvalue weighted by Crippen LogP contribution is 2.34. The summed E-state index contributed by atoms with van der Waals surface area (Å²) in [5.74, 6) is -2.11. The number of nitrogens with one attached hydrogen (secondary N) is 1. The Kier molecular flexibility index (Phi) is 6.16. The summed E-state index contributed by atoms with van der Waals surface area (Å²) in [7, 11) is -3.41. The zero-order valence-corrected chi connectivity index (χ0v) is 16.9. The standard InChI is InChI=1S/C20H20FN3O5S/c1-30(28,29)23-14-8-6-13(7-9-14)17-12-18(15-4-2-3-5-16(15)21)24(22-17)19(25)10-11-20(26)27/h2-9,18,23H,10-12H2,1H3,(H,26,27). The molecule has 1 atom stereocenters. The lowest BCUT2D eigenvalue weighted by Crippen LogP contribution is -2.28. The maximum atomic E-state index is 14.4. The van der Waals surface area contributed by atoms with Crippen molar-refractivity contribution >= 4 is 33.3 Å². The number of amides is 1. The number of rotatable bonds is 7. The van der Waals surface area contributed by atoms with Gasteiger partial charge in [-0.3, -0.25) is 14.3 Å². The van der Waals surface area contributed by atoms with E-state index in [1.807, 2.05) is 0 Å². The Morgan fingerprint density at radius 2 is 1.83 bits per heavy atom. The number of nitrogens with zero attached hydrogens (tertiary/aromatic N) is 2. The molecule has 0 saturated heterocycles. The van der Waals surface area contributed by atoms with Gasteiger partial charge in [0.25, 0.3) is 0 Å². The summed E-state index contributed by atoms with van der Waals surface area (Å²) in [4.78, 5) is 23.4. The molecule has 0 radical (unpaired) electrons. The summed E-state index contributed by atoms with van der Waals surface area (Å²) in [5.41, 5.74) is 1.82. The molecule has 1 unspecified atom stereocenters. The van der Waals surface area contributed by atoms with Crippen LogP contribution in [0, 0.1) is 5.82 Å². The van der Waals surface area contributed by atoms with E-state index in [0.29, 0.717) is 17.0 Å². The van der Waals surface area contributed by atoms with Gasteiger partial charge in [-0.15, -0.1) is 0 Å². The van der Waals surface area contributed by atoms with Gasteiger partial charge in [-0.25, -0.2) is 17.8 Å². The van der Waals surface area contributed by atoms with Crippen LogP contribution < -0.4 is 4.72 Å². The molecule has 2 aromatic carbocycles. The fourth-order valence-electron chi connectivity index (χ4n) is 3.18. The van der Waals surface area contributed by atoms with Crippen LogP contribution in [0.5, 0.6) is 0 Å². The van der Waals surface area contributed by atoms with Crippen LogP contribution >= 0.6 is 0 Å². The number of carbonyl (C=O) groups is 2. The van der Waals surface area contributed by atoms with E-state index in [9.17, 15) is 22.4 Å². The lowest BCUT2D eigenvalue weighted by atomic mass is 9.97. The van der Waals surface area contributed by atoms with Crippen LogP contribution in [0.1, 0.15) is 36.4 Å². The molecule has 30 heavy (non-hydrogen) atoms. The van der Waals surface area contributed by atoms with Crippen molar-refractivity contribution in [3.8, 4) is 0 Å². The molecule has 0 aliphatic carbocycles. The SMILES string of the molecule is CS(=O)(=O)Nc1ccc(C2=NN(C(=O)CCC(=O)O)C(c3ccccc3F)C2)cc1. The van der Waals surface area contributed by atoms with Crippen LogP contribution in [0.15, 0.2) is 53.6 Å². The van der Waals surface area contributed by atoms with Crippen molar-refractivity contribution in [3.63, 3.8) is 0 Å². The molecule has 0 saturated carbocycles. The molecule has 158 valence electrons. The Labute approximate surface area is 173 Å². The number of carbonyl (C=O) groups excluding carboxylic acids is 1. The minimum Gasteiger partial charge on any atom is -0.481 e. The Morgan fingerprint density at radius 1 is 1.17 bits per heavy atom. The number of hydrogen-bond donors (Lipinski definition) is 2. The average molecular weight is 433 g/mol. The highest BCUT2D eigenvalue weighted by atomic mass is 32.2. The molecule has 0 fully saturated rings. The van der Waals surface area contributed by atoms with Crippen LogP contribution in [0.2, 0.25) is 0 Å². The minimum atomic E-state index is -3.41. The lowest BCUT2D eigenvalue weighted by Gasteiger charge is -2.22. The van der Waals surface area contributed by atoms with Crippen molar-refractivity contribution in [3.05, 3.63) is 65.5 Å². The molecule has 1 aliphatic heterocycles. The Hall–Kier alpha value is -3.27. The monoisotopic (exact) mass is 433 g/mol. The van der Waals surface area contributed by atoms with Gasteiger partial charge in [0, 0.05) is 24.1 Å². The second-order valence-electron chi connectivity index (χ2n) is 6.87. The van der Waals surface area contributed by atoms with E-state index in [1.165, 1.54) is 6.07 Å². The molecule has 0 bridgehead atoms. The Morgan fingerprint density at radius 3 is 2.43 bits per heavy atom. The van der Waals surface area contributed by atoms with E-state index in [4.69, 9.17) is 5.11 Å². The van der Waals surface area contributed by atoms with E-state index >= 15 is 0 Å². The molecule has 2 N–H and O–H groups in total. The Bertz CT molecular complexity index is 1100. The van der Waals surface area contributed by atoms with Crippen molar-refractivity contribution in [2.24, 2.45) is 5.10 Å². The summed E-state index contributed by atoms with van der Waals surface area (Å²) in [6.07, 6.45) is 0.671. The molecule has 0 spiro atoms. The van der Waals surface area contributed by atoms with Crippen molar-refractivity contribution in [1.29, 1.82) is 0 Å². The van der Waals surface area contributed by atoms with Crippen LogP contribution in [0.25, 0.3) is 0 Å². The van der Waals surface area contributed by atoms with Crippen molar-refractivity contribution < 1.29 is 27.5 Å². The zero-order valence-electron chi connectivity index (χ0n) is 16.1. The van der Waals surface area contributed by atoms with Gasteiger partial charge in [-0.1, -0.05) is 30.3 Å². The van der Waals surface area contributed by atoms with E-state index in [-0.39, 0.29) is 24.8 Å². The van der Waals surface area contributed by atoms with Crippen LogP contribution in [-0.2, 0) is 19.6 Å². The molecule has 3 rings (SSSR count). The summed E-state index contributed by atoms with van der Waals surface area (Å²) in [6.45, 7) is 0. The lowest BCUT2D eigenvalue weighted by molar-refractivity contribution is -0.141. The third kappa shape index (κ3) is 5.20. The number of anilines is 1. The van der Waals surface area contributed by atoms with Gasteiger partial charge >= 0.3 is 5.97 Å². The van der Waals surface area contributed by atoms with Crippen LogP contribution in [0.3, 0.4) is 0 Å². The van der Waals surface area contributed by atoms with E-state index in [2.05, 4.69) is 9.82 Å². The highest BCUT2D eigenvalue weighted by molar-refractivity contribution is 7.92. The summed E-state index contributed by atoms with van der Waals surface area (Å²) < 4.78 is 39.4. The number of halogens is 1. The number of hydrazone groups is 1. The molecule has 1 heterocycles. The number of benzene rings is 2. The topological polar surface area (TPSA) is 116 Å². The molecule has 0 aromatic heterocycles. The minimum absolute atomic E-state index is 0.235. The third-order valence-electron chi connectivity index (χ3n) is 4.50. The van der Waals surface area contributed by atoms with Crippen molar-refractivity contribution in [2.45, 2.75) is 25.3 Å². The fourth-order valence-corrected chi connectivity index (χ4v) is 3.74. The molecule has 1 aliphatic rings. The van der Waals surface area contributed by atoms with E-state index in [0.717, 1.165) is 11.3 Å². The van der Waals surface area contributed by atoms with Gasteiger partial charge in [0.2, 0.25) is 15.9 Å². The third-order valence-corrected chi connectivity index (χ3v) is 5.11. The number of hydrogen-bond acceptors (Lipinski definition) is 5. The van der Waals surface area contributed by atoms with E-state index < -0.39 is 33.8 Å². The molecule has 2 aromatic rings. The maximum absolute atomic E-state index is 14.4. The molecular weight excluding hydrogens is 413 g/mol. The maximum Gasteiger partial charge on any atom is 0.303 e. The first-order chi connectivity index (χ1) is 14.1. The molecule has 8 nitrogen and oxygen atoms in total. The van der Waals surface area contributed by atoms with Crippen molar-refractivity contribution in [2.75, 3.05) is 11.0 Å². The number of carboxylic acid groups (broad SMARTS) is 1. The number of sulfonamides is 1. The first-order valence-corrected chi connectivity index (χ1v) is 11.0. The largest absolute Gasteiger partial charge is 0.481 e. The molecular formula is C20H20FN3O5S.